The Bertz CT molecular complexity index is 1260. The highest BCUT2D eigenvalue weighted by atomic mass is 31.1. The SMILES string of the molecule is CCC[C@H](C)OC(=O)[C@H](C)N[P+](=O)OCC1(COC(=O)C(C)C)C/C1=C/n1cnc2c(=O)[nH]c(N)nc21. The minimum Gasteiger partial charge on any atom is -0.464 e. The number of imidazole rings is 1. The van der Waals surface area contributed by atoms with E-state index < -0.39 is 31.2 Å². The molecule has 0 bridgehead atoms. The number of nitrogens with two attached hydrogens (primary N) is 1. The first kappa shape index (κ1) is 28.4. The Balaban J connectivity index is 1.70. The highest BCUT2D eigenvalue weighted by Crippen LogP contribution is 2.54. The van der Waals surface area contributed by atoms with E-state index in [1.165, 1.54) is 6.33 Å². The Kier molecular flexibility index (Phi) is 9.16. The van der Waals surface area contributed by atoms with Gasteiger partial charge in [0.2, 0.25) is 5.95 Å². The summed E-state index contributed by atoms with van der Waals surface area (Å²) in [4.78, 5) is 47.0. The lowest BCUT2D eigenvalue weighted by Crippen LogP contribution is -2.33. The van der Waals surface area contributed by atoms with Crippen molar-refractivity contribution in [2.45, 2.75) is 66.0 Å². The Morgan fingerprint density at radius 1 is 1.30 bits per heavy atom. The van der Waals surface area contributed by atoms with Crippen LogP contribution >= 0.6 is 8.18 Å². The van der Waals surface area contributed by atoms with Crippen LogP contribution in [0.1, 0.15) is 53.9 Å². The van der Waals surface area contributed by atoms with Crippen LogP contribution in [-0.2, 0) is 28.2 Å². The van der Waals surface area contributed by atoms with E-state index in [-0.39, 0.29) is 48.3 Å². The first-order valence-corrected chi connectivity index (χ1v) is 13.3. The molecule has 1 fully saturated rings. The number of rotatable bonds is 13. The van der Waals surface area contributed by atoms with Crippen LogP contribution in [0.4, 0.5) is 5.95 Å². The molecule has 0 aliphatic heterocycles. The van der Waals surface area contributed by atoms with Crippen molar-refractivity contribution in [3.8, 4) is 0 Å². The van der Waals surface area contributed by atoms with Crippen molar-refractivity contribution >= 4 is 43.4 Å². The van der Waals surface area contributed by atoms with Crippen LogP contribution in [0.15, 0.2) is 16.7 Å². The lowest BCUT2D eigenvalue weighted by molar-refractivity contribution is -0.150. The molecule has 0 saturated heterocycles. The lowest BCUT2D eigenvalue weighted by Gasteiger charge is -2.15. The van der Waals surface area contributed by atoms with Crippen molar-refractivity contribution in [1.82, 2.24) is 24.6 Å². The summed E-state index contributed by atoms with van der Waals surface area (Å²) in [5, 5.41) is 2.62. The third kappa shape index (κ3) is 7.21. The Hall–Kier alpha value is -3.15. The van der Waals surface area contributed by atoms with Crippen LogP contribution < -0.4 is 16.4 Å². The molecule has 2 heterocycles. The number of H-pyrrole nitrogens is 1. The molecule has 0 radical (unpaired) electrons. The number of hydrogen-bond acceptors (Lipinski definition) is 10. The maximum Gasteiger partial charge on any atom is 0.613 e. The van der Waals surface area contributed by atoms with Gasteiger partial charge in [-0.3, -0.25) is 23.9 Å². The molecule has 1 aliphatic carbocycles. The summed E-state index contributed by atoms with van der Waals surface area (Å²) in [6.07, 6.45) is 4.99. The molecule has 1 saturated carbocycles. The maximum atomic E-state index is 12.6. The zero-order valence-electron chi connectivity index (χ0n) is 21.6. The predicted molar refractivity (Wildman–Crippen MR) is 136 cm³/mol. The minimum absolute atomic E-state index is 0.00787. The second kappa shape index (κ2) is 11.9. The van der Waals surface area contributed by atoms with Gasteiger partial charge >= 0.3 is 20.1 Å². The maximum absolute atomic E-state index is 12.6. The molecule has 13 nitrogen and oxygen atoms in total. The number of esters is 2. The number of hydrogen-bond donors (Lipinski definition) is 3. The molecule has 0 aromatic carbocycles. The second-order valence-corrected chi connectivity index (χ2v) is 10.6. The fourth-order valence-corrected chi connectivity index (χ4v) is 4.47. The first-order valence-electron chi connectivity index (χ1n) is 12.1. The van der Waals surface area contributed by atoms with Crippen LogP contribution in [0.5, 0.6) is 0 Å². The van der Waals surface area contributed by atoms with Gasteiger partial charge in [0.1, 0.15) is 25.6 Å². The molecule has 1 aliphatic rings. The predicted octanol–water partition coefficient (Wildman–Crippen LogP) is 2.52. The van der Waals surface area contributed by atoms with E-state index in [4.69, 9.17) is 19.7 Å². The molecule has 0 amide bonds. The summed E-state index contributed by atoms with van der Waals surface area (Å²) in [5.74, 6) is -1.26. The highest BCUT2D eigenvalue weighted by molar-refractivity contribution is 7.36. The van der Waals surface area contributed by atoms with E-state index in [0.717, 1.165) is 18.4 Å². The smallest absolute Gasteiger partial charge is 0.464 e. The molecule has 4 N–H and O–H groups in total. The normalized spacial score (nSPS) is 20.2. The summed E-state index contributed by atoms with van der Waals surface area (Å²) in [6.45, 7) is 8.76. The molecular weight excluding hydrogens is 503 g/mol. The average molecular weight is 538 g/mol. The van der Waals surface area contributed by atoms with Gasteiger partial charge in [0.05, 0.1) is 17.4 Å². The van der Waals surface area contributed by atoms with Crippen LogP contribution in [0.25, 0.3) is 17.4 Å². The number of aromatic amines is 1. The molecule has 2 unspecified atom stereocenters. The number of nitrogens with one attached hydrogen (secondary N) is 2. The Morgan fingerprint density at radius 3 is 2.70 bits per heavy atom. The number of fused-ring (bicyclic) bond motifs is 1. The topological polar surface area (TPSA) is 181 Å². The lowest BCUT2D eigenvalue weighted by atomic mass is 10.1. The van der Waals surface area contributed by atoms with Gasteiger partial charge in [-0.15, -0.1) is 4.52 Å². The van der Waals surface area contributed by atoms with E-state index in [0.29, 0.717) is 6.42 Å². The van der Waals surface area contributed by atoms with Crippen molar-refractivity contribution in [3.05, 3.63) is 22.3 Å². The first-order chi connectivity index (χ1) is 17.5. The molecular formula is C23H34N6O7P+. The Labute approximate surface area is 215 Å². The van der Waals surface area contributed by atoms with Gasteiger partial charge in [0.25, 0.3) is 5.56 Å². The fourth-order valence-electron chi connectivity index (χ4n) is 3.61. The van der Waals surface area contributed by atoms with E-state index in [1.54, 1.807) is 38.5 Å². The van der Waals surface area contributed by atoms with Crippen molar-refractivity contribution in [3.63, 3.8) is 0 Å². The van der Waals surface area contributed by atoms with Gasteiger partial charge in [-0.05, 0) is 36.8 Å². The molecule has 0 spiro atoms. The summed E-state index contributed by atoms with van der Waals surface area (Å²) in [5.41, 5.74) is 5.68. The second-order valence-electron chi connectivity index (χ2n) is 9.57. The molecule has 37 heavy (non-hydrogen) atoms. The van der Waals surface area contributed by atoms with Crippen molar-refractivity contribution in [2.75, 3.05) is 18.9 Å². The van der Waals surface area contributed by atoms with Gasteiger partial charge in [-0.1, -0.05) is 32.3 Å². The van der Waals surface area contributed by atoms with E-state index in [1.807, 2.05) is 6.92 Å². The molecule has 3 rings (SSSR count). The van der Waals surface area contributed by atoms with Gasteiger partial charge in [0.15, 0.2) is 11.2 Å². The van der Waals surface area contributed by atoms with Crippen molar-refractivity contribution in [2.24, 2.45) is 11.3 Å². The largest absolute Gasteiger partial charge is 0.613 e. The minimum atomic E-state index is -2.42. The number of aromatic nitrogens is 4. The molecule has 2 aromatic rings. The number of anilines is 1. The number of carbonyl (C=O) groups excluding carboxylic acids is 2. The van der Waals surface area contributed by atoms with E-state index in [9.17, 15) is 18.9 Å². The monoisotopic (exact) mass is 537 g/mol. The number of carbonyl (C=O) groups is 2. The summed E-state index contributed by atoms with van der Waals surface area (Å²) in [6, 6.07) is -0.834. The van der Waals surface area contributed by atoms with Crippen molar-refractivity contribution in [1.29, 1.82) is 0 Å². The van der Waals surface area contributed by atoms with E-state index >= 15 is 0 Å². The van der Waals surface area contributed by atoms with Crippen LogP contribution in [0.3, 0.4) is 0 Å². The third-order valence-electron chi connectivity index (χ3n) is 5.92. The quantitative estimate of drug-likeness (QED) is 0.252. The molecule has 14 heteroatoms. The summed E-state index contributed by atoms with van der Waals surface area (Å²) < 4.78 is 30.5. The van der Waals surface area contributed by atoms with Gasteiger partial charge in [0, 0.05) is 6.20 Å². The third-order valence-corrected chi connectivity index (χ3v) is 6.88. The molecule has 202 valence electrons. The van der Waals surface area contributed by atoms with Gasteiger partial charge in [-0.2, -0.15) is 4.98 Å². The van der Waals surface area contributed by atoms with Crippen molar-refractivity contribution < 1.29 is 28.2 Å². The average Bonchev–Trinajstić information content (AvgIpc) is 3.35. The van der Waals surface area contributed by atoms with Crippen LogP contribution in [-0.4, -0.2) is 56.8 Å². The fraction of sp³-hybridized carbons (Fsp3) is 0.609. The van der Waals surface area contributed by atoms with Crippen LogP contribution in [0.2, 0.25) is 0 Å². The van der Waals surface area contributed by atoms with Gasteiger partial charge < -0.3 is 15.2 Å². The van der Waals surface area contributed by atoms with Crippen LogP contribution in [0, 0.1) is 11.3 Å². The van der Waals surface area contributed by atoms with E-state index in [2.05, 4.69) is 20.0 Å². The molecule has 4 atom stereocenters. The Morgan fingerprint density at radius 2 is 2.03 bits per heavy atom. The standard InChI is InChI=1S/C23H33N6O7P/c1-6-7-14(4)36-21(32)15(5)28-37(33)35-11-23(10-34-20(31)13(2)3)8-16(23)9-29-12-25-17-18(29)26-22(24)27-19(17)30/h9,12-15H,6-8,10-11H2,1-5H3,(H3-,24,26,27,28,30,33)/p+1/b16-9-/t14-,15-,23?/m0/s1. The molecule has 2 aromatic heterocycles. The number of ether oxygens (including phenoxy) is 2. The highest BCUT2D eigenvalue weighted by Gasteiger charge is 2.53. The number of nitrogen functional groups attached to an aromatic ring is 1. The summed E-state index contributed by atoms with van der Waals surface area (Å²) >= 11 is 0. The number of nitrogens with zero attached hydrogens (tertiary/aromatic N) is 3. The zero-order chi connectivity index (χ0) is 27.3. The zero-order valence-corrected chi connectivity index (χ0v) is 22.5. The van der Waals surface area contributed by atoms with Gasteiger partial charge in [-0.25, -0.2) is 4.98 Å². The summed E-state index contributed by atoms with van der Waals surface area (Å²) in [7, 11) is -2.42.